The van der Waals surface area contributed by atoms with Crippen LogP contribution in [-0.2, 0) is 9.53 Å². The van der Waals surface area contributed by atoms with Gasteiger partial charge in [0.2, 0.25) is 0 Å². The number of hydrogen-bond acceptors (Lipinski definition) is 2. The molecular weight excluding hydrogens is 368 g/mol. The topological polar surface area (TPSA) is 26.3 Å². The first-order valence-electron chi connectivity index (χ1n) is 12.8. The molecule has 0 amide bonds. The van der Waals surface area contributed by atoms with E-state index >= 15 is 0 Å². The monoisotopic (exact) mass is 418 g/mol. The van der Waals surface area contributed by atoms with Crippen molar-refractivity contribution in [3.8, 4) is 0 Å². The molecule has 3 rings (SSSR count). The fourth-order valence-electron chi connectivity index (χ4n) is 1.99. The van der Waals surface area contributed by atoms with Crippen molar-refractivity contribution >= 4 is 5.97 Å². The van der Waals surface area contributed by atoms with Gasteiger partial charge >= 0.3 is 5.97 Å². The third kappa shape index (κ3) is 41.1. The van der Waals surface area contributed by atoms with Gasteiger partial charge in [-0.1, -0.05) is 120 Å². The van der Waals surface area contributed by atoms with Crippen LogP contribution in [0.25, 0.3) is 0 Å². The largest absolute Gasteiger partial charge is 0.469 e. The Morgan fingerprint density at radius 3 is 1.53 bits per heavy atom. The van der Waals surface area contributed by atoms with Crippen molar-refractivity contribution in [2.24, 2.45) is 0 Å². The van der Waals surface area contributed by atoms with Crippen molar-refractivity contribution in [3.63, 3.8) is 0 Å². The van der Waals surface area contributed by atoms with E-state index in [-0.39, 0.29) is 5.97 Å². The first kappa shape index (κ1) is 28.7. The second-order valence-electron chi connectivity index (χ2n) is 8.36. The molecule has 2 nitrogen and oxygen atoms in total. The predicted molar refractivity (Wildman–Crippen MR) is 133 cm³/mol. The summed E-state index contributed by atoms with van der Waals surface area (Å²) in [7, 11) is 1.45. The molecular formula is C28H50O2. The van der Waals surface area contributed by atoms with Crippen molar-refractivity contribution in [3.05, 3.63) is 36.5 Å². The molecule has 0 radical (unpaired) electrons. The zero-order valence-corrected chi connectivity index (χ0v) is 20.2. The van der Waals surface area contributed by atoms with Crippen molar-refractivity contribution in [2.75, 3.05) is 7.11 Å². The van der Waals surface area contributed by atoms with E-state index in [9.17, 15) is 4.79 Å². The second kappa shape index (κ2) is 25.7. The lowest BCUT2D eigenvalue weighted by Crippen LogP contribution is -1.98. The van der Waals surface area contributed by atoms with E-state index in [4.69, 9.17) is 0 Å². The average Bonchev–Trinajstić information content (AvgIpc) is 3.60. The molecule has 0 aromatic rings. The third-order valence-electron chi connectivity index (χ3n) is 4.32. The van der Waals surface area contributed by atoms with E-state index in [1.807, 2.05) is 0 Å². The molecule has 0 aromatic heterocycles. The molecule has 0 saturated heterocycles. The van der Waals surface area contributed by atoms with Crippen LogP contribution in [0.4, 0.5) is 0 Å². The van der Waals surface area contributed by atoms with Gasteiger partial charge in [0.25, 0.3) is 0 Å². The summed E-state index contributed by atoms with van der Waals surface area (Å²) in [5, 5.41) is 0. The van der Waals surface area contributed by atoms with Gasteiger partial charge in [-0.2, -0.15) is 0 Å². The third-order valence-corrected chi connectivity index (χ3v) is 4.32. The highest BCUT2D eigenvalue weighted by atomic mass is 16.5. The summed E-state index contributed by atoms with van der Waals surface area (Å²) in [5.41, 5.74) is 0. The summed E-state index contributed by atoms with van der Waals surface area (Å²) in [6, 6.07) is 0. The Morgan fingerprint density at radius 2 is 1.07 bits per heavy atom. The molecule has 0 unspecified atom stereocenters. The fourth-order valence-corrected chi connectivity index (χ4v) is 1.99. The molecule has 3 aliphatic rings. The van der Waals surface area contributed by atoms with Gasteiger partial charge in [0.05, 0.1) is 7.11 Å². The van der Waals surface area contributed by atoms with Gasteiger partial charge in [0, 0.05) is 6.42 Å². The van der Waals surface area contributed by atoms with E-state index in [1.54, 1.807) is 0 Å². The smallest absolute Gasteiger partial charge is 0.305 e. The Morgan fingerprint density at radius 1 is 0.633 bits per heavy atom. The number of allylic oxidation sites excluding steroid dienone is 6. The minimum absolute atomic E-state index is 0.0869. The molecule has 0 atom stereocenters. The molecule has 2 heteroatoms. The Labute approximate surface area is 188 Å². The van der Waals surface area contributed by atoms with E-state index < -0.39 is 0 Å². The predicted octanol–water partition coefficient (Wildman–Crippen LogP) is 9.26. The van der Waals surface area contributed by atoms with Gasteiger partial charge in [-0.25, -0.2) is 0 Å². The Hall–Kier alpha value is -1.31. The quantitative estimate of drug-likeness (QED) is 0.169. The molecule has 30 heavy (non-hydrogen) atoms. The van der Waals surface area contributed by atoms with Crippen LogP contribution >= 0.6 is 0 Å². The molecule has 0 heterocycles. The molecule has 3 saturated carbocycles. The summed E-state index contributed by atoms with van der Waals surface area (Å²) in [5.74, 6) is -0.0869. The highest BCUT2D eigenvalue weighted by molar-refractivity contribution is 5.68. The molecule has 0 aliphatic heterocycles. The van der Waals surface area contributed by atoms with E-state index in [1.165, 1.54) is 90.6 Å². The molecule has 3 aliphatic carbocycles. The van der Waals surface area contributed by atoms with Crippen LogP contribution < -0.4 is 0 Å². The summed E-state index contributed by atoms with van der Waals surface area (Å²) in [6.07, 6.45) is 37.6. The Balaban J connectivity index is 0.000000741. The summed E-state index contributed by atoms with van der Waals surface area (Å²) in [6.45, 7) is 2.15. The van der Waals surface area contributed by atoms with Crippen molar-refractivity contribution in [2.45, 2.75) is 129 Å². The van der Waals surface area contributed by atoms with Gasteiger partial charge in [0.1, 0.15) is 0 Å². The van der Waals surface area contributed by atoms with Gasteiger partial charge in [-0.3, -0.25) is 4.79 Å². The number of methoxy groups -OCH3 is 1. The van der Waals surface area contributed by atoms with Crippen LogP contribution in [0, 0.1) is 0 Å². The minimum atomic E-state index is -0.0869. The molecule has 0 N–H and O–H groups in total. The van der Waals surface area contributed by atoms with Gasteiger partial charge in [-0.05, 0) is 38.5 Å². The maximum Gasteiger partial charge on any atom is 0.305 e. The zero-order chi connectivity index (χ0) is 22.0. The first-order chi connectivity index (χ1) is 14.8. The Bertz CT molecular complexity index is 405. The van der Waals surface area contributed by atoms with Crippen LogP contribution in [0.5, 0.6) is 0 Å². The van der Waals surface area contributed by atoms with Crippen molar-refractivity contribution in [1.29, 1.82) is 0 Å². The maximum atomic E-state index is 10.9. The van der Waals surface area contributed by atoms with Gasteiger partial charge in [0.15, 0.2) is 0 Å². The lowest BCUT2D eigenvalue weighted by molar-refractivity contribution is -0.140. The van der Waals surface area contributed by atoms with E-state index in [0.717, 1.165) is 32.1 Å². The lowest BCUT2D eigenvalue weighted by atomic mass is 10.1. The molecule has 174 valence electrons. The summed E-state index contributed by atoms with van der Waals surface area (Å²) in [4.78, 5) is 10.9. The highest BCUT2D eigenvalue weighted by Gasteiger charge is 1.98. The summed E-state index contributed by atoms with van der Waals surface area (Å²) >= 11 is 0. The van der Waals surface area contributed by atoms with Crippen LogP contribution in [0.2, 0.25) is 0 Å². The van der Waals surface area contributed by atoms with Crippen LogP contribution in [-0.4, -0.2) is 13.1 Å². The average molecular weight is 419 g/mol. The number of hydrogen-bond donors (Lipinski definition) is 0. The molecule has 0 bridgehead atoms. The zero-order valence-electron chi connectivity index (χ0n) is 20.2. The SMILES string of the molecule is C1CC1.C1CC1.C1CC1.CC/C=C\C/C=C\C/C=C\CCCCCCCC(=O)OC. The standard InChI is InChI=1S/C19H32O2.3C3H6/c1-3-4-5-6-7-8-9-10-11-12-13-14-15-16-17-18-19(20)21-2;3*1-2-3-1/h4-5,7-8,10-11H,3,6,9,12-18H2,1-2H3;3*1-3H2/b5-4-,8-7-,11-10-;;;. The molecule has 0 aromatic carbocycles. The highest BCUT2D eigenvalue weighted by Crippen LogP contribution is 2.15. The molecule has 0 spiro atoms. The number of esters is 1. The van der Waals surface area contributed by atoms with Crippen LogP contribution in [0.1, 0.15) is 129 Å². The van der Waals surface area contributed by atoms with Gasteiger partial charge in [-0.15, -0.1) is 0 Å². The van der Waals surface area contributed by atoms with E-state index in [0.29, 0.717) is 6.42 Å². The maximum absolute atomic E-state index is 10.9. The number of ether oxygens (including phenoxy) is 1. The molecule has 3 fully saturated rings. The number of carbonyl (C=O) groups is 1. The van der Waals surface area contributed by atoms with Crippen LogP contribution in [0.15, 0.2) is 36.5 Å². The number of rotatable bonds is 13. The van der Waals surface area contributed by atoms with E-state index in [2.05, 4.69) is 48.1 Å². The van der Waals surface area contributed by atoms with Crippen LogP contribution in [0.3, 0.4) is 0 Å². The number of carbonyl (C=O) groups excluding carboxylic acids is 1. The minimum Gasteiger partial charge on any atom is -0.469 e. The van der Waals surface area contributed by atoms with Crippen molar-refractivity contribution < 1.29 is 9.53 Å². The van der Waals surface area contributed by atoms with Crippen molar-refractivity contribution in [1.82, 2.24) is 0 Å². The Kier molecular flexibility index (Phi) is 24.6. The summed E-state index contributed by atoms with van der Waals surface area (Å²) < 4.78 is 4.61. The number of unbranched alkanes of at least 4 members (excludes halogenated alkanes) is 5. The lowest BCUT2D eigenvalue weighted by Gasteiger charge is -1.99. The second-order valence-corrected chi connectivity index (χ2v) is 8.36. The fraction of sp³-hybridized carbons (Fsp3) is 0.750. The first-order valence-corrected chi connectivity index (χ1v) is 12.8. The normalized spacial score (nSPS) is 15.5. The van der Waals surface area contributed by atoms with Gasteiger partial charge < -0.3 is 4.74 Å².